The standard InChI is InChI=1S/C104H72N4O2/c1-60-46-48-82-92(50-60)107-91-56-74-75-57-94-86(102(5)59-65(106(63-28-10-7-11-29-63)90-43-25-37-73-71-35-17-23-45-96(71)110-99(73)90)54-88-100(102)108(94)93-51-61(2)47-49-83(93)104(88)80-40-20-14-32-68(80)69-33-15-21-41-81(69)104)58-85(75)101(3,4)84(74)55-76(91)77-52-64(53-87(97(77)107)103(82)78-38-18-12-30-66(78)67-31-13-19-39-79(67)103)105(62-26-8-6-9-27-62)89-42-24-36-72-70-34-16-22-44-95(70)109-98(72)89/h6-57,59,85,100H,58H2,1-5H3. The van der Waals surface area contributed by atoms with Crippen molar-refractivity contribution in [2.75, 3.05) is 14.7 Å². The summed E-state index contributed by atoms with van der Waals surface area (Å²) in [5, 5.41) is 6.88. The molecule has 3 atom stereocenters. The van der Waals surface area contributed by atoms with Crippen LogP contribution in [0.25, 0.3) is 99.2 Å². The predicted molar refractivity (Wildman–Crippen MR) is 450 cm³/mol. The van der Waals surface area contributed by atoms with Gasteiger partial charge in [-0.2, -0.15) is 0 Å². The summed E-state index contributed by atoms with van der Waals surface area (Å²) in [4.78, 5) is 7.84. The summed E-state index contributed by atoms with van der Waals surface area (Å²) < 4.78 is 16.9. The Balaban J connectivity index is 0.767. The van der Waals surface area contributed by atoms with Crippen molar-refractivity contribution in [3.8, 4) is 27.9 Å². The number of rotatable bonds is 6. The first-order chi connectivity index (χ1) is 54.0. The minimum atomic E-state index is -0.690. The highest BCUT2D eigenvalue weighted by atomic mass is 16.3. The van der Waals surface area contributed by atoms with Crippen LogP contribution in [0, 0.1) is 25.2 Å². The smallest absolute Gasteiger partial charge is 0.159 e. The number of aryl methyl sites for hydroxylation is 2. The number of hydrogen-bond acceptors (Lipinski definition) is 5. The molecule has 3 aromatic heterocycles. The number of fused-ring (bicyclic) bond motifs is 32. The van der Waals surface area contributed by atoms with Gasteiger partial charge < -0.3 is 28.1 Å². The summed E-state index contributed by atoms with van der Waals surface area (Å²) in [7, 11) is 0. The van der Waals surface area contributed by atoms with Gasteiger partial charge in [-0.1, -0.05) is 232 Å². The Labute approximate surface area is 637 Å². The van der Waals surface area contributed by atoms with E-state index in [1.807, 2.05) is 0 Å². The molecule has 0 radical (unpaired) electrons. The van der Waals surface area contributed by atoms with Crippen LogP contribution in [-0.4, -0.2) is 10.6 Å². The number of nitrogens with zero attached hydrogens (tertiary/aromatic N) is 4. The third-order valence-electron chi connectivity index (χ3n) is 27.2. The topological polar surface area (TPSA) is 40.9 Å². The van der Waals surface area contributed by atoms with Gasteiger partial charge in [-0.15, -0.1) is 0 Å². The molecule has 3 aliphatic heterocycles. The van der Waals surface area contributed by atoms with Gasteiger partial charge >= 0.3 is 0 Å². The molecule has 0 fully saturated rings. The molecule has 520 valence electrons. The monoisotopic (exact) mass is 1410 g/mol. The zero-order valence-corrected chi connectivity index (χ0v) is 61.6. The van der Waals surface area contributed by atoms with Gasteiger partial charge in [0.15, 0.2) is 11.2 Å². The SMILES string of the molecule is Cc1ccc2c(c1)N1C3=C(CC4C(=C3)c3cc5c(cc3C4(C)C)c3cc(N(c4ccccc4)c4cccc6c4oc4ccccc46)cc4c3n5-c3cc(C)ccc3C43c4ccccc4-c4ccccc43)C3(C)C=C(N(c4ccccc4)c4cccc5c4oc4ccccc45)C=C(C13)C21c2ccccc2-c2ccccc21. The minimum Gasteiger partial charge on any atom is -0.454 e. The molecule has 0 bridgehead atoms. The second-order valence-corrected chi connectivity index (χ2v) is 32.9. The number of aromatic nitrogens is 1. The number of para-hydroxylation sites is 6. The maximum atomic E-state index is 7.10. The summed E-state index contributed by atoms with van der Waals surface area (Å²) >= 11 is 0. The summed E-state index contributed by atoms with van der Waals surface area (Å²) in [6.07, 6.45) is 8.90. The molecule has 14 aromatic carbocycles. The maximum absolute atomic E-state index is 7.10. The van der Waals surface area contributed by atoms with Crippen molar-refractivity contribution in [3.63, 3.8) is 0 Å². The van der Waals surface area contributed by atoms with E-state index in [1.54, 1.807) is 0 Å². The predicted octanol–water partition coefficient (Wildman–Crippen LogP) is 26.2. The summed E-state index contributed by atoms with van der Waals surface area (Å²) in [5.41, 5.74) is 37.7. The van der Waals surface area contributed by atoms with Crippen LogP contribution in [0.5, 0.6) is 0 Å². The lowest BCUT2D eigenvalue weighted by molar-refractivity contribution is 0.361. The van der Waals surface area contributed by atoms with E-state index in [0.29, 0.717) is 0 Å². The lowest BCUT2D eigenvalue weighted by Gasteiger charge is -2.53. The lowest BCUT2D eigenvalue weighted by Crippen LogP contribution is -2.53. The molecule has 0 saturated carbocycles. The van der Waals surface area contributed by atoms with Crippen LogP contribution >= 0.6 is 0 Å². The Kier molecular flexibility index (Phi) is 11.7. The molecule has 6 heterocycles. The van der Waals surface area contributed by atoms with E-state index in [-0.39, 0.29) is 17.4 Å². The summed E-state index contributed by atoms with van der Waals surface area (Å²) in [5.74, 6) is 0.140. The fraction of sp³-hybridized carbons (Fsp3) is 0.115. The summed E-state index contributed by atoms with van der Waals surface area (Å²) in [6, 6.07) is 115. The van der Waals surface area contributed by atoms with Crippen molar-refractivity contribution < 1.29 is 8.83 Å². The van der Waals surface area contributed by atoms with E-state index in [9.17, 15) is 0 Å². The van der Waals surface area contributed by atoms with Crippen molar-refractivity contribution in [3.05, 3.63) is 405 Å². The van der Waals surface area contributed by atoms with Crippen LogP contribution in [0.1, 0.15) is 88.4 Å². The minimum absolute atomic E-state index is 0.0923. The molecular formula is C104H72N4O2. The second-order valence-electron chi connectivity index (χ2n) is 32.9. The van der Waals surface area contributed by atoms with Crippen LogP contribution in [0.15, 0.2) is 353 Å². The molecule has 0 saturated heterocycles. The third kappa shape index (κ3) is 7.40. The Morgan fingerprint density at radius 1 is 0.382 bits per heavy atom. The van der Waals surface area contributed by atoms with Gasteiger partial charge in [0, 0.05) is 71.9 Å². The van der Waals surface area contributed by atoms with Gasteiger partial charge in [0.25, 0.3) is 0 Å². The molecule has 5 aliphatic carbocycles. The first-order valence-corrected chi connectivity index (χ1v) is 39.0. The van der Waals surface area contributed by atoms with Crippen molar-refractivity contribution >= 4 is 105 Å². The number of furan rings is 2. The Morgan fingerprint density at radius 3 is 1.49 bits per heavy atom. The van der Waals surface area contributed by atoms with Gasteiger partial charge in [0.05, 0.1) is 45.0 Å². The molecule has 6 nitrogen and oxygen atoms in total. The molecular weight excluding hydrogens is 1340 g/mol. The number of benzene rings is 14. The van der Waals surface area contributed by atoms with Gasteiger partial charge in [-0.3, -0.25) is 0 Å². The van der Waals surface area contributed by atoms with E-state index >= 15 is 0 Å². The van der Waals surface area contributed by atoms with Crippen molar-refractivity contribution in [2.45, 2.75) is 63.3 Å². The molecule has 8 aliphatic rings. The van der Waals surface area contributed by atoms with Gasteiger partial charge in [-0.05, 0) is 242 Å². The Morgan fingerprint density at radius 2 is 0.891 bits per heavy atom. The zero-order chi connectivity index (χ0) is 72.6. The Hall–Kier alpha value is -13.2. The highest BCUT2D eigenvalue weighted by molar-refractivity contribution is 6.17. The van der Waals surface area contributed by atoms with Crippen LogP contribution < -0.4 is 14.7 Å². The molecule has 6 heteroatoms. The quantitative estimate of drug-likeness (QED) is 0.166. The maximum Gasteiger partial charge on any atom is 0.159 e. The van der Waals surface area contributed by atoms with Crippen LogP contribution in [-0.2, 0) is 16.2 Å². The van der Waals surface area contributed by atoms with Crippen LogP contribution in [0.2, 0.25) is 0 Å². The van der Waals surface area contributed by atoms with E-state index in [1.165, 1.54) is 139 Å². The molecule has 25 rings (SSSR count). The lowest BCUT2D eigenvalue weighted by atomic mass is 9.56. The zero-order valence-electron chi connectivity index (χ0n) is 61.6. The number of allylic oxidation sites excluding steroid dienone is 3. The molecule has 3 unspecified atom stereocenters. The average molecular weight is 1410 g/mol. The van der Waals surface area contributed by atoms with Crippen molar-refractivity contribution in [2.24, 2.45) is 11.3 Å². The molecule has 110 heavy (non-hydrogen) atoms. The highest BCUT2D eigenvalue weighted by Crippen LogP contribution is 2.72. The molecule has 0 amide bonds. The van der Waals surface area contributed by atoms with Gasteiger partial charge in [-0.25, -0.2) is 0 Å². The fourth-order valence-electron chi connectivity index (χ4n) is 22.8. The first kappa shape index (κ1) is 60.9. The first-order valence-electron chi connectivity index (χ1n) is 39.0. The van der Waals surface area contributed by atoms with Crippen LogP contribution in [0.3, 0.4) is 0 Å². The van der Waals surface area contributed by atoms with E-state index in [2.05, 4.69) is 375 Å². The van der Waals surface area contributed by atoms with Crippen molar-refractivity contribution in [1.29, 1.82) is 0 Å². The Bertz CT molecular complexity index is 7100. The number of hydrogen-bond donors (Lipinski definition) is 0. The van der Waals surface area contributed by atoms with Crippen LogP contribution in [0.4, 0.5) is 34.1 Å². The average Bonchev–Trinajstić information content (AvgIpc) is 1.48. The normalized spacial score (nSPS) is 18.9. The summed E-state index contributed by atoms with van der Waals surface area (Å²) in [6.45, 7) is 12.3. The van der Waals surface area contributed by atoms with E-state index in [0.717, 1.165) is 84.4 Å². The second kappa shape index (κ2) is 21.2. The third-order valence-corrected chi connectivity index (χ3v) is 27.2. The van der Waals surface area contributed by atoms with E-state index < -0.39 is 16.2 Å². The highest BCUT2D eigenvalue weighted by Gasteiger charge is 2.65. The largest absolute Gasteiger partial charge is 0.454 e. The molecule has 0 N–H and O–H groups in total. The van der Waals surface area contributed by atoms with E-state index in [4.69, 9.17) is 8.83 Å². The number of anilines is 6. The van der Waals surface area contributed by atoms with Gasteiger partial charge in [0.1, 0.15) is 11.2 Å². The molecule has 2 spiro atoms. The fourth-order valence-corrected chi connectivity index (χ4v) is 22.8. The molecule has 17 aromatic rings. The van der Waals surface area contributed by atoms with Gasteiger partial charge in [0.2, 0.25) is 0 Å². The van der Waals surface area contributed by atoms with Crippen molar-refractivity contribution in [1.82, 2.24) is 4.57 Å².